The summed E-state index contributed by atoms with van der Waals surface area (Å²) in [6.07, 6.45) is 1.56. The van der Waals surface area contributed by atoms with E-state index in [4.69, 9.17) is 9.31 Å². The molecule has 20 heavy (non-hydrogen) atoms. The second kappa shape index (κ2) is 4.99. The summed E-state index contributed by atoms with van der Waals surface area (Å²) in [5.74, 6) is 0. The highest BCUT2D eigenvalue weighted by Crippen LogP contribution is 2.36. The molecule has 2 rings (SSSR count). The van der Waals surface area contributed by atoms with Crippen molar-refractivity contribution in [1.82, 2.24) is 0 Å². The van der Waals surface area contributed by atoms with Gasteiger partial charge in [0, 0.05) is 6.26 Å². The Morgan fingerprint density at radius 1 is 1.20 bits per heavy atom. The summed E-state index contributed by atoms with van der Waals surface area (Å²) >= 11 is 0. The molecule has 0 N–H and O–H groups in total. The fraction of sp³-hybridized carbons (Fsp3) is 0.500. The fourth-order valence-electron chi connectivity index (χ4n) is 2.12. The van der Waals surface area contributed by atoms with Crippen LogP contribution in [0, 0.1) is 11.3 Å². The molecule has 0 saturated carbocycles. The van der Waals surface area contributed by atoms with Crippen LogP contribution in [0.4, 0.5) is 0 Å². The van der Waals surface area contributed by atoms with Crippen molar-refractivity contribution in [1.29, 1.82) is 5.26 Å². The van der Waals surface area contributed by atoms with Gasteiger partial charge in [-0.15, -0.1) is 0 Å². The van der Waals surface area contributed by atoms with E-state index < -0.39 is 29.1 Å². The monoisotopic (exact) mass is 291 g/mol. The molecule has 106 valence electrons. The van der Waals surface area contributed by atoms with Gasteiger partial charge in [0.05, 0.1) is 32.5 Å². The largest absolute Gasteiger partial charge is 0.496 e. The van der Waals surface area contributed by atoms with Crippen molar-refractivity contribution in [3.8, 4) is 6.07 Å². The lowest BCUT2D eigenvalue weighted by atomic mass is 9.78. The summed E-state index contributed by atoms with van der Waals surface area (Å²) in [7, 11) is -1.88. The lowest BCUT2D eigenvalue weighted by Crippen LogP contribution is -2.41. The van der Waals surface area contributed by atoms with Gasteiger partial charge in [0.25, 0.3) is 0 Å². The van der Waals surface area contributed by atoms with Crippen LogP contribution in [0.5, 0.6) is 0 Å². The molecule has 0 bridgehead atoms. The van der Waals surface area contributed by atoms with E-state index in [9.17, 15) is 9.47 Å². The van der Waals surface area contributed by atoms with Gasteiger partial charge in [-0.3, -0.25) is 4.21 Å². The smallest absolute Gasteiger partial charge is 0.399 e. The molecule has 1 aromatic rings. The minimum Gasteiger partial charge on any atom is -0.399 e. The van der Waals surface area contributed by atoms with E-state index in [1.165, 1.54) is 0 Å². The molecule has 1 saturated heterocycles. The standard InChI is InChI=1S/C14H18BNO3S/c1-13(2)14(3,4)19-15(18-13)11-8-6-7-10(9-16)12(11)20(5)17/h6-8H,1-5H3. The van der Waals surface area contributed by atoms with E-state index in [0.29, 0.717) is 15.9 Å². The van der Waals surface area contributed by atoms with Crippen LogP contribution in [0.15, 0.2) is 23.1 Å². The van der Waals surface area contributed by atoms with Gasteiger partial charge in [0.1, 0.15) is 6.07 Å². The molecule has 6 heteroatoms. The van der Waals surface area contributed by atoms with E-state index >= 15 is 0 Å². The molecule has 0 aromatic heterocycles. The van der Waals surface area contributed by atoms with Crippen LogP contribution >= 0.6 is 0 Å². The lowest BCUT2D eigenvalue weighted by Gasteiger charge is -2.32. The Labute approximate surface area is 122 Å². The van der Waals surface area contributed by atoms with Crippen LogP contribution in [0.2, 0.25) is 0 Å². The van der Waals surface area contributed by atoms with Crippen molar-refractivity contribution in [2.24, 2.45) is 0 Å². The Balaban J connectivity index is 2.51. The molecular formula is C14H18BNO3S. The number of benzene rings is 1. The third-order valence-corrected chi connectivity index (χ3v) is 4.99. The van der Waals surface area contributed by atoms with Crippen molar-refractivity contribution >= 4 is 23.4 Å². The van der Waals surface area contributed by atoms with Crippen LogP contribution in [0.25, 0.3) is 0 Å². The molecule has 0 amide bonds. The Kier molecular flexibility index (Phi) is 3.80. The molecule has 4 nitrogen and oxygen atoms in total. The maximum atomic E-state index is 12.0. The van der Waals surface area contributed by atoms with Crippen molar-refractivity contribution in [3.63, 3.8) is 0 Å². The van der Waals surface area contributed by atoms with Gasteiger partial charge in [-0.1, -0.05) is 12.1 Å². The van der Waals surface area contributed by atoms with E-state index in [-0.39, 0.29) is 0 Å². The molecule has 1 aliphatic rings. The van der Waals surface area contributed by atoms with E-state index in [1.807, 2.05) is 27.7 Å². The summed E-state index contributed by atoms with van der Waals surface area (Å²) in [5.41, 5.74) is 0.140. The highest BCUT2D eigenvalue weighted by atomic mass is 32.2. The first-order valence-corrected chi connectivity index (χ1v) is 7.97. The van der Waals surface area contributed by atoms with E-state index in [2.05, 4.69) is 6.07 Å². The summed E-state index contributed by atoms with van der Waals surface area (Å²) < 4.78 is 23.9. The van der Waals surface area contributed by atoms with Crippen LogP contribution in [-0.2, 0) is 20.1 Å². The van der Waals surface area contributed by atoms with Gasteiger partial charge in [0.15, 0.2) is 0 Å². The van der Waals surface area contributed by atoms with Gasteiger partial charge in [-0.05, 0) is 39.2 Å². The van der Waals surface area contributed by atoms with Crippen LogP contribution in [0.3, 0.4) is 0 Å². The molecule has 1 aliphatic heterocycles. The maximum Gasteiger partial charge on any atom is 0.496 e. The highest BCUT2D eigenvalue weighted by Gasteiger charge is 2.52. The summed E-state index contributed by atoms with van der Waals surface area (Å²) in [6, 6.07) is 7.30. The normalized spacial score (nSPS) is 21.5. The maximum absolute atomic E-state index is 12.0. The predicted octanol–water partition coefficient (Wildman–Crippen LogP) is 1.59. The number of hydrogen-bond donors (Lipinski definition) is 0. The zero-order chi connectivity index (χ0) is 15.1. The van der Waals surface area contributed by atoms with E-state index in [0.717, 1.165) is 0 Å². The lowest BCUT2D eigenvalue weighted by molar-refractivity contribution is 0.00578. The van der Waals surface area contributed by atoms with Gasteiger partial charge >= 0.3 is 7.12 Å². The van der Waals surface area contributed by atoms with Crippen molar-refractivity contribution in [3.05, 3.63) is 23.8 Å². The van der Waals surface area contributed by atoms with Crippen LogP contribution in [0.1, 0.15) is 33.3 Å². The summed E-state index contributed by atoms with van der Waals surface area (Å²) in [5, 5.41) is 9.17. The molecular weight excluding hydrogens is 273 g/mol. The van der Waals surface area contributed by atoms with Crippen molar-refractivity contribution in [2.45, 2.75) is 43.8 Å². The molecule has 1 unspecified atom stereocenters. The van der Waals surface area contributed by atoms with Gasteiger partial charge in [-0.2, -0.15) is 5.26 Å². The number of rotatable bonds is 2. The molecule has 1 aromatic carbocycles. The predicted molar refractivity (Wildman–Crippen MR) is 79.2 cm³/mol. The summed E-state index contributed by atoms with van der Waals surface area (Å²) in [6.45, 7) is 7.85. The average Bonchev–Trinajstić information content (AvgIpc) is 2.57. The van der Waals surface area contributed by atoms with Crippen molar-refractivity contribution in [2.75, 3.05) is 6.26 Å². The van der Waals surface area contributed by atoms with Crippen LogP contribution in [-0.4, -0.2) is 28.8 Å². The molecule has 1 fully saturated rings. The number of nitrogens with zero attached hydrogens (tertiary/aromatic N) is 1. The zero-order valence-corrected chi connectivity index (χ0v) is 13.2. The molecule has 0 radical (unpaired) electrons. The van der Waals surface area contributed by atoms with Crippen LogP contribution < -0.4 is 5.46 Å². The molecule has 1 atom stereocenters. The first kappa shape index (κ1) is 15.2. The van der Waals surface area contributed by atoms with Crippen molar-refractivity contribution < 1.29 is 13.5 Å². The third-order valence-electron chi connectivity index (χ3n) is 3.96. The van der Waals surface area contributed by atoms with Gasteiger partial charge in [0.2, 0.25) is 0 Å². The minimum atomic E-state index is -1.28. The Bertz CT molecular complexity index is 591. The summed E-state index contributed by atoms with van der Waals surface area (Å²) in [4.78, 5) is 0.494. The quantitative estimate of drug-likeness (QED) is 0.776. The molecule has 1 heterocycles. The topological polar surface area (TPSA) is 59.3 Å². The second-order valence-electron chi connectivity index (χ2n) is 5.88. The first-order valence-electron chi connectivity index (χ1n) is 6.41. The third kappa shape index (κ3) is 2.42. The zero-order valence-electron chi connectivity index (χ0n) is 12.4. The highest BCUT2D eigenvalue weighted by molar-refractivity contribution is 7.84. The Morgan fingerprint density at radius 3 is 2.20 bits per heavy atom. The average molecular weight is 291 g/mol. The second-order valence-corrected chi connectivity index (χ2v) is 7.19. The first-order chi connectivity index (χ1) is 9.19. The number of nitriles is 1. The van der Waals surface area contributed by atoms with Gasteiger partial charge in [-0.25, -0.2) is 0 Å². The molecule has 0 spiro atoms. The van der Waals surface area contributed by atoms with Gasteiger partial charge < -0.3 is 9.31 Å². The molecule has 0 aliphatic carbocycles. The SMILES string of the molecule is CS(=O)c1c(C#N)cccc1B1OC(C)(C)C(C)(C)O1. The Hall–Kier alpha value is -1.16. The Morgan fingerprint density at radius 2 is 1.75 bits per heavy atom. The van der Waals surface area contributed by atoms with E-state index in [1.54, 1.807) is 24.5 Å². The minimum absolute atomic E-state index is 0.401. The fourth-order valence-corrected chi connectivity index (χ4v) is 3.04. The number of hydrogen-bond acceptors (Lipinski definition) is 4.